The number of piperazine rings is 1. The first-order valence-corrected chi connectivity index (χ1v) is 9.08. The highest BCUT2D eigenvalue weighted by atomic mass is 35.5. The normalized spacial score (nSPS) is 15.4. The van der Waals surface area contributed by atoms with Gasteiger partial charge in [-0.15, -0.1) is 0 Å². The van der Waals surface area contributed by atoms with Gasteiger partial charge in [-0.05, 0) is 12.1 Å². The van der Waals surface area contributed by atoms with Crippen molar-refractivity contribution in [3.63, 3.8) is 0 Å². The molecule has 2 aromatic heterocycles. The second-order valence-corrected chi connectivity index (χ2v) is 6.96. The third-order valence-corrected chi connectivity index (χ3v) is 4.85. The molecule has 1 saturated heterocycles. The zero-order chi connectivity index (χ0) is 17.9. The Bertz CT molecular complexity index is 885. The van der Waals surface area contributed by atoms with Crippen LogP contribution in [0.1, 0.15) is 5.56 Å². The molecule has 26 heavy (non-hydrogen) atoms. The minimum Gasteiger partial charge on any atom is -0.352 e. The number of hydrogen-bond acceptors (Lipinski definition) is 5. The number of anilines is 1. The summed E-state index contributed by atoms with van der Waals surface area (Å²) in [6.45, 7) is 4.75. The second-order valence-electron chi connectivity index (χ2n) is 6.52. The molecule has 0 amide bonds. The Morgan fingerprint density at radius 3 is 2.62 bits per heavy atom. The van der Waals surface area contributed by atoms with Gasteiger partial charge in [0.1, 0.15) is 5.69 Å². The van der Waals surface area contributed by atoms with Crippen LogP contribution in [0.5, 0.6) is 0 Å². The summed E-state index contributed by atoms with van der Waals surface area (Å²) in [6.07, 6.45) is 7.50. The maximum absolute atomic E-state index is 6.16. The summed E-state index contributed by atoms with van der Waals surface area (Å²) >= 11 is 6.16. The number of benzene rings is 1. The molecule has 0 atom stereocenters. The molecule has 0 unspecified atom stereocenters. The molecule has 4 rings (SSSR count). The number of aryl methyl sites for hydroxylation is 1. The van der Waals surface area contributed by atoms with Crippen LogP contribution in [0, 0.1) is 0 Å². The zero-order valence-electron chi connectivity index (χ0n) is 14.7. The van der Waals surface area contributed by atoms with Crippen molar-refractivity contribution in [1.82, 2.24) is 24.6 Å². The largest absolute Gasteiger partial charge is 0.352 e. The lowest BCUT2D eigenvalue weighted by Crippen LogP contribution is -2.46. The Labute approximate surface area is 158 Å². The van der Waals surface area contributed by atoms with Gasteiger partial charge in [-0.1, -0.05) is 23.7 Å². The van der Waals surface area contributed by atoms with E-state index in [9.17, 15) is 0 Å². The molecule has 6 nitrogen and oxygen atoms in total. The van der Waals surface area contributed by atoms with Crippen LogP contribution in [0.15, 0.2) is 49.1 Å². The van der Waals surface area contributed by atoms with Gasteiger partial charge in [-0.3, -0.25) is 14.6 Å². The number of nitrogens with zero attached hydrogens (tertiary/aromatic N) is 6. The Kier molecular flexibility index (Phi) is 4.86. The number of aromatic nitrogens is 4. The molecular weight excluding hydrogens is 348 g/mol. The van der Waals surface area contributed by atoms with Gasteiger partial charge in [-0.25, -0.2) is 4.98 Å². The highest BCUT2D eigenvalue weighted by molar-refractivity contribution is 6.30. The van der Waals surface area contributed by atoms with E-state index < -0.39 is 0 Å². The summed E-state index contributed by atoms with van der Waals surface area (Å²) in [7, 11) is 1.95. The average molecular weight is 369 g/mol. The van der Waals surface area contributed by atoms with E-state index >= 15 is 0 Å². The van der Waals surface area contributed by atoms with Crippen molar-refractivity contribution in [1.29, 1.82) is 0 Å². The fourth-order valence-corrected chi connectivity index (χ4v) is 3.52. The lowest BCUT2D eigenvalue weighted by Gasteiger charge is -2.35. The molecule has 0 bridgehead atoms. The molecule has 1 aliphatic heterocycles. The summed E-state index contributed by atoms with van der Waals surface area (Å²) < 4.78 is 1.85. The molecule has 3 aromatic rings. The van der Waals surface area contributed by atoms with Crippen LogP contribution in [0.2, 0.25) is 5.02 Å². The fourth-order valence-electron chi connectivity index (χ4n) is 3.33. The third-order valence-electron chi connectivity index (χ3n) is 4.61. The standard InChI is InChI=1S/C19H21ClN6/c1-24-13-15(12-23-24)14-25-7-9-26(10-8-25)19-18(21-5-6-22-19)16-3-2-4-17(20)11-16/h2-6,11-13H,7-10,14H2,1H3. The van der Waals surface area contributed by atoms with Crippen LogP contribution in [0.3, 0.4) is 0 Å². The molecule has 1 aliphatic rings. The first-order valence-electron chi connectivity index (χ1n) is 8.71. The van der Waals surface area contributed by atoms with Gasteiger partial charge in [-0.2, -0.15) is 5.10 Å². The van der Waals surface area contributed by atoms with Crippen molar-refractivity contribution in [3.8, 4) is 11.3 Å². The van der Waals surface area contributed by atoms with Crippen LogP contribution >= 0.6 is 11.6 Å². The summed E-state index contributed by atoms with van der Waals surface area (Å²) in [5.74, 6) is 0.927. The smallest absolute Gasteiger partial charge is 0.155 e. The molecule has 0 N–H and O–H groups in total. The molecule has 3 heterocycles. The zero-order valence-corrected chi connectivity index (χ0v) is 15.5. The van der Waals surface area contributed by atoms with Gasteiger partial charge in [0.2, 0.25) is 0 Å². The molecule has 0 spiro atoms. The van der Waals surface area contributed by atoms with Crippen molar-refractivity contribution in [2.45, 2.75) is 6.54 Å². The minimum absolute atomic E-state index is 0.709. The van der Waals surface area contributed by atoms with Crippen molar-refractivity contribution >= 4 is 17.4 Å². The van der Waals surface area contributed by atoms with Gasteiger partial charge >= 0.3 is 0 Å². The van der Waals surface area contributed by atoms with Crippen molar-refractivity contribution in [2.24, 2.45) is 7.05 Å². The highest BCUT2D eigenvalue weighted by Gasteiger charge is 2.21. The SMILES string of the molecule is Cn1cc(CN2CCN(c3nccnc3-c3cccc(Cl)c3)CC2)cn1. The summed E-state index contributed by atoms with van der Waals surface area (Å²) in [5, 5.41) is 4.96. The van der Waals surface area contributed by atoms with E-state index in [4.69, 9.17) is 11.6 Å². The minimum atomic E-state index is 0.709. The van der Waals surface area contributed by atoms with Crippen LogP contribution in [-0.2, 0) is 13.6 Å². The van der Waals surface area contributed by atoms with Crippen LogP contribution in [0.25, 0.3) is 11.3 Å². The van der Waals surface area contributed by atoms with E-state index in [2.05, 4.69) is 31.1 Å². The molecule has 134 valence electrons. The lowest BCUT2D eigenvalue weighted by atomic mass is 10.1. The number of halogens is 1. The summed E-state index contributed by atoms with van der Waals surface area (Å²) in [6, 6.07) is 7.78. The van der Waals surface area contributed by atoms with E-state index in [0.29, 0.717) is 5.02 Å². The molecule has 0 radical (unpaired) electrons. The summed E-state index contributed by atoms with van der Waals surface area (Å²) in [4.78, 5) is 13.9. The lowest BCUT2D eigenvalue weighted by molar-refractivity contribution is 0.249. The Hall–Kier alpha value is -2.44. The van der Waals surface area contributed by atoms with E-state index in [1.54, 1.807) is 12.4 Å². The maximum atomic E-state index is 6.16. The van der Waals surface area contributed by atoms with E-state index in [0.717, 1.165) is 49.8 Å². The van der Waals surface area contributed by atoms with E-state index in [-0.39, 0.29) is 0 Å². The molecule has 1 aromatic carbocycles. The monoisotopic (exact) mass is 368 g/mol. The topological polar surface area (TPSA) is 50.1 Å². The van der Waals surface area contributed by atoms with E-state index in [1.165, 1.54) is 5.56 Å². The molecule has 1 fully saturated rings. The molecular formula is C19H21ClN6. The molecule has 0 aliphatic carbocycles. The van der Waals surface area contributed by atoms with Crippen molar-refractivity contribution in [3.05, 3.63) is 59.6 Å². The second kappa shape index (κ2) is 7.43. The van der Waals surface area contributed by atoms with Gasteiger partial charge in [0.25, 0.3) is 0 Å². The van der Waals surface area contributed by atoms with Gasteiger partial charge in [0, 0.05) is 74.5 Å². The van der Waals surface area contributed by atoms with Crippen molar-refractivity contribution in [2.75, 3.05) is 31.1 Å². The number of rotatable bonds is 4. The van der Waals surface area contributed by atoms with Crippen LogP contribution in [-0.4, -0.2) is 50.8 Å². The summed E-state index contributed by atoms with van der Waals surface area (Å²) in [5.41, 5.74) is 3.13. The van der Waals surface area contributed by atoms with Gasteiger partial charge < -0.3 is 4.90 Å². The molecule has 0 saturated carbocycles. The Morgan fingerprint density at radius 2 is 1.88 bits per heavy atom. The van der Waals surface area contributed by atoms with Crippen LogP contribution < -0.4 is 4.90 Å². The third kappa shape index (κ3) is 3.71. The maximum Gasteiger partial charge on any atom is 0.155 e. The average Bonchev–Trinajstić information content (AvgIpc) is 3.07. The van der Waals surface area contributed by atoms with Crippen LogP contribution in [0.4, 0.5) is 5.82 Å². The van der Waals surface area contributed by atoms with E-state index in [1.807, 2.05) is 42.2 Å². The van der Waals surface area contributed by atoms with Gasteiger partial charge in [0.05, 0.1) is 6.20 Å². The van der Waals surface area contributed by atoms with Crippen molar-refractivity contribution < 1.29 is 0 Å². The fraction of sp³-hybridized carbons (Fsp3) is 0.316. The predicted octanol–water partition coefficient (Wildman–Crippen LogP) is 2.85. The predicted molar refractivity (Wildman–Crippen MR) is 103 cm³/mol. The molecule has 7 heteroatoms. The Balaban J connectivity index is 1.48. The first kappa shape index (κ1) is 17.0. The Morgan fingerprint density at radius 1 is 1.08 bits per heavy atom. The van der Waals surface area contributed by atoms with Gasteiger partial charge in [0.15, 0.2) is 5.82 Å². The first-order chi connectivity index (χ1) is 12.7. The quantitative estimate of drug-likeness (QED) is 0.708. The highest BCUT2D eigenvalue weighted by Crippen LogP contribution is 2.29. The number of hydrogen-bond donors (Lipinski definition) is 0.